The van der Waals surface area contributed by atoms with Crippen LogP contribution in [0.4, 0.5) is 9.59 Å². The van der Waals surface area contributed by atoms with Gasteiger partial charge < -0.3 is 30.3 Å². The van der Waals surface area contributed by atoms with Gasteiger partial charge in [-0.2, -0.15) is 0 Å². The molecule has 0 aromatic heterocycles. The summed E-state index contributed by atoms with van der Waals surface area (Å²) in [4.78, 5) is 53.7. The van der Waals surface area contributed by atoms with E-state index in [9.17, 15) is 19.2 Å². The number of likely N-dealkylation sites (N-methyl/N-ethyl adjacent to an activating group) is 1. The number of hydrogen-bond acceptors (Lipinski definition) is 6. The first-order valence-electron chi connectivity index (χ1n) is 15.6. The Labute approximate surface area is 268 Å². The summed E-state index contributed by atoms with van der Waals surface area (Å²) in [7, 11) is 1.57. The summed E-state index contributed by atoms with van der Waals surface area (Å²) in [6.45, 7) is 13.3. The van der Waals surface area contributed by atoms with Crippen LogP contribution in [0.25, 0.3) is 0 Å². The van der Waals surface area contributed by atoms with Crippen molar-refractivity contribution < 1.29 is 28.7 Å². The number of carbonyl (C=O) groups excluding carboxylic acids is 4. The van der Waals surface area contributed by atoms with Crippen molar-refractivity contribution in [3.8, 4) is 0 Å². The highest BCUT2D eigenvalue weighted by atomic mass is 16.6. The third-order valence-corrected chi connectivity index (χ3v) is 6.83. The zero-order valence-corrected chi connectivity index (χ0v) is 28.2. The average molecular weight is 625 g/mol. The number of carbonyl (C=O) groups is 4. The van der Waals surface area contributed by atoms with Crippen molar-refractivity contribution in [3.05, 3.63) is 71.3 Å². The lowest BCUT2D eigenvalue weighted by Crippen LogP contribution is -2.55. The molecule has 0 aliphatic carbocycles. The van der Waals surface area contributed by atoms with E-state index in [1.165, 1.54) is 4.90 Å². The summed E-state index contributed by atoms with van der Waals surface area (Å²) < 4.78 is 10.7. The molecule has 0 heterocycles. The van der Waals surface area contributed by atoms with E-state index in [2.05, 4.69) is 16.0 Å². The highest BCUT2D eigenvalue weighted by Crippen LogP contribution is 2.14. The molecular formula is C35H52N4O6. The second kappa shape index (κ2) is 17.4. The number of rotatable bonds is 14. The summed E-state index contributed by atoms with van der Waals surface area (Å²) >= 11 is 0. The van der Waals surface area contributed by atoms with E-state index >= 15 is 0 Å². The molecule has 0 bridgehead atoms. The number of aryl methyl sites for hydroxylation is 2. The molecule has 2 aromatic rings. The quantitative estimate of drug-likeness (QED) is 0.245. The SMILES string of the molecule is Cc1ccc(CCNC(=O)[C@H](CCCNC(=O)OC(C)(C)C)N(C)C(=O)[C@H](CCc2ccccc2)NC(=O)OC(C)(C)C)cc1. The van der Waals surface area contributed by atoms with Gasteiger partial charge in [0.25, 0.3) is 0 Å². The van der Waals surface area contributed by atoms with Crippen LogP contribution >= 0.6 is 0 Å². The van der Waals surface area contributed by atoms with E-state index in [1.807, 2.05) is 61.5 Å². The molecule has 0 aliphatic rings. The Morgan fingerprint density at radius 3 is 1.91 bits per heavy atom. The fourth-order valence-corrected chi connectivity index (χ4v) is 4.57. The molecule has 0 radical (unpaired) electrons. The molecule has 2 atom stereocenters. The van der Waals surface area contributed by atoms with E-state index in [0.29, 0.717) is 32.2 Å². The van der Waals surface area contributed by atoms with E-state index in [0.717, 1.165) is 16.7 Å². The summed E-state index contributed by atoms with van der Waals surface area (Å²) in [6, 6.07) is 16.0. The van der Waals surface area contributed by atoms with Gasteiger partial charge in [0.05, 0.1) is 0 Å². The number of benzene rings is 2. The fraction of sp³-hybridized carbons (Fsp3) is 0.543. The molecule has 45 heavy (non-hydrogen) atoms. The Morgan fingerprint density at radius 2 is 1.31 bits per heavy atom. The van der Waals surface area contributed by atoms with E-state index in [-0.39, 0.29) is 18.9 Å². The summed E-state index contributed by atoms with van der Waals surface area (Å²) in [6.07, 6.45) is 0.934. The van der Waals surface area contributed by atoms with Crippen molar-refractivity contribution in [1.82, 2.24) is 20.9 Å². The number of amides is 4. The van der Waals surface area contributed by atoms with Gasteiger partial charge in [-0.3, -0.25) is 9.59 Å². The van der Waals surface area contributed by atoms with Gasteiger partial charge in [-0.15, -0.1) is 0 Å². The molecule has 2 rings (SSSR count). The fourth-order valence-electron chi connectivity index (χ4n) is 4.57. The van der Waals surface area contributed by atoms with E-state index in [4.69, 9.17) is 9.47 Å². The maximum atomic E-state index is 13.9. The highest BCUT2D eigenvalue weighted by Gasteiger charge is 2.33. The van der Waals surface area contributed by atoms with Crippen LogP contribution in [0.1, 0.15) is 77.5 Å². The Bertz CT molecular complexity index is 1240. The molecule has 10 nitrogen and oxygen atoms in total. The van der Waals surface area contributed by atoms with Crippen molar-refractivity contribution in [2.75, 3.05) is 20.1 Å². The predicted molar refractivity (Wildman–Crippen MR) is 176 cm³/mol. The minimum atomic E-state index is -0.923. The lowest BCUT2D eigenvalue weighted by Gasteiger charge is -2.31. The van der Waals surface area contributed by atoms with E-state index < -0.39 is 41.4 Å². The molecule has 248 valence electrons. The van der Waals surface area contributed by atoms with Gasteiger partial charge in [0.1, 0.15) is 23.3 Å². The lowest BCUT2D eigenvalue weighted by atomic mass is 10.0. The predicted octanol–water partition coefficient (Wildman–Crippen LogP) is 5.31. The molecule has 3 N–H and O–H groups in total. The Balaban J connectivity index is 2.18. The third-order valence-electron chi connectivity index (χ3n) is 6.83. The standard InChI is InChI=1S/C35H52N4O6/c1-25-16-18-27(19-17-25)22-24-36-30(40)29(15-12-23-37-32(42)44-34(2,3)4)39(8)31(41)28(38-33(43)45-35(5,6)7)21-20-26-13-10-9-11-14-26/h9-11,13-14,16-19,28-29H,12,15,20-24H2,1-8H3,(H,36,40)(H,37,42)(H,38,43)/t28-,29-/m0/s1. The first kappa shape index (κ1) is 37.1. The largest absolute Gasteiger partial charge is 0.444 e. The molecule has 0 aliphatic heterocycles. The maximum Gasteiger partial charge on any atom is 0.408 e. The van der Waals surface area contributed by atoms with Gasteiger partial charge in [0.2, 0.25) is 11.8 Å². The second-order valence-electron chi connectivity index (χ2n) is 13.3. The third kappa shape index (κ3) is 15.0. The molecule has 0 fully saturated rings. The van der Waals surface area contributed by atoms with Gasteiger partial charge in [0, 0.05) is 20.1 Å². The second-order valence-corrected chi connectivity index (χ2v) is 13.3. The molecule has 4 amide bonds. The molecule has 0 saturated heterocycles. The monoisotopic (exact) mass is 624 g/mol. The van der Waals surface area contributed by atoms with Crippen molar-refractivity contribution >= 4 is 24.0 Å². The molecule has 10 heteroatoms. The van der Waals surface area contributed by atoms with Crippen LogP contribution < -0.4 is 16.0 Å². The molecule has 2 aromatic carbocycles. The number of ether oxygens (including phenoxy) is 2. The summed E-state index contributed by atoms with van der Waals surface area (Å²) in [5, 5.41) is 8.42. The zero-order chi connectivity index (χ0) is 33.6. The van der Waals surface area contributed by atoms with Crippen molar-refractivity contribution in [2.45, 2.75) is 104 Å². The number of alkyl carbamates (subject to hydrolysis) is 2. The highest BCUT2D eigenvalue weighted by molar-refractivity contribution is 5.91. The van der Waals surface area contributed by atoms with Crippen LogP contribution in [0.2, 0.25) is 0 Å². The smallest absolute Gasteiger partial charge is 0.408 e. The van der Waals surface area contributed by atoms with Crippen LogP contribution in [0.15, 0.2) is 54.6 Å². The van der Waals surface area contributed by atoms with Gasteiger partial charge in [-0.05, 0) is 91.7 Å². The Kier molecular flexibility index (Phi) is 14.4. The van der Waals surface area contributed by atoms with Crippen molar-refractivity contribution in [3.63, 3.8) is 0 Å². The van der Waals surface area contributed by atoms with Crippen molar-refractivity contribution in [1.29, 1.82) is 0 Å². The summed E-state index contributed by atoms with van der Waals surface area (Å²) in [5.74, 6) is -0.718. The number of hydrogen-bond donors (Lipinski definition) is 3. The van der Waals surface area contributed by atoms with Crippen molar-refractivity contribution in [2.24, 2.45) is 0 Å². The van der Waals surface area contributed by atoms with Gasteiger partial charge >= 0.3 is 12.2 Å². The van der Waals surface area contributed by atoms with Crippen LogP contribution in [0.5, 0.6) is 0 Å². The zero-order valence-electron chi connectivity index (χ0n) is 28.2. The molecule has 0 unspecified atom stereocenters. The van der Waals surface area contributed by atoms with E-state index in [1.54, 1.807) is 48.6 Å². The number of nitrogens with one attached hydrogen (secondary N) is 3. The van der Waals surface area contributed by atoms with Gasteiger partial charge in [-0.1, -0.05) is 60.2 Å². The Morgan fingerprint density at radius 1 is 0.733 bits per heavy atom. The van der Waals surface area contributed by atoms with Crippen LogP contribution in [0, 0.1) is 6.92 Å². The minimum Gasteiger partial charge on any atom is -0.444 e. The molecular weight excluding hydrogens is 572 g/mol. The Hall–Kier alpha value is -4.08. The average Bonchev–Trinajstić information content (AvgIpc) is 2.94. The van der Waals surface area contributed by atoms with Crippen LogP contribution in [-0.4, -0.2) is 72.3 Å². The van der Waals surface area contributed by atoms with Gasteiger partial charge in [-0.25, -0.2) is 9.59 Å². The van der Waals surface area contributed by atoms with Crippen LogP contribution in [0.3, 0.4) is 0 Å². The maximum absolute atomic E-state index is 13.9. The number of nitrogens with zero attached hydrogens (tertiary/aromatic N) is 1. The lowest BCUT2D eigenvalue weighted by molar-refractivity contribution is -0.140. The molecule has 0 spiro atoms. The van der Waals surface area contributed by atoms with Gasteiger partial charge in [0.15, 0.2) is 0 Å². The first-order valence-corrected chi connectivity index (χ1v) is 15.6. The first-order chi connectivity index (χ1) is 21.0. The van der Waals surface area contributed by atoms with Crippen LogP contribution in [-0.2, 0) is 31.9 Å². The molecule has 0 saturated carbocycles. The topological polar surface area (TPSA) is 126 Å². The normalized spacial score (nSPS) is 12.8. The minimum absolute atomic E-state index is 0.262. The summed E-state index contributed by atoms with van der Waals surface area (Å²) in [5.41, 5.74) is 1.88.